The van der Waals surface area contributed by atoms with Gasteiger partial charge in [0, 0.05) is 16.2 Å². The lowest BCUT2D eigenvalue weighted by Crippen LogP contribution is -2.12. The summed E-state index contributed by atoms with van der Waals surface area (Å²) < 4.78 is 2.58. The third-order valence-corrected chi connectivity index (χ3v) is 3.08. The molecule has 0 saturated carbocycles. The van der Waals surface area contributed by atoms with E-state index in [0.29, 0.717) is 16.9 Å². The molecular formula is C13H9BrN4O. The van der Waals surface area contributed by atoms with Gasteiger partial charge in [0.2, 0.25) is 0 Å². The van der Waals surface area contributed by atoms with Crippen LogP contribution in [-0.4, -0.2) is 20.5 Å². The van der Waals surface area contributed by atoms with Gasteiger partial charge in [-0.1, -0.05) is 18.2 Å². The average molecular weight is 317 g/mol. The van der Waals surface area contributed by atoms with Crippen molar-refractivity contribution in [2.24, 2.45) is 0 Å². The smallest absolute Gasteiger partial charge is 0.255 e. The lowest BCUT2D eigenvalue weighted by Gasteiger charge is -2.07. The second-order valence-corrected chi connectivity index (χ2v) is 4.87. The maximum atomic E-state index is 12.1. The molecule has 1 amide bonds. The predicted molar refractivity (Wildman–Crippen MR) is 75.1 cm³/mol. The summed E-state index contributed by atoms with van der Waals surface area (Å²) in [5.74, 6) is -0.177. The first-order valence-electron chi connectivity index (χ1n) is 5.59. The third kappa shape index (κ3) is 2.34. The van der Waals surface area contributed by atoms with Crippen molar-refractivity contribution in [2.75, 3.05) is 5.32 Å². The molecule has 2 aromatic heterocycles. The molecule has 0 atom stereocenters. The Balaban J connectivity index is 1.97. The van der Waals surface area contributed by atoms with Crippen LogP contribution in [0.3, 0.4) is 0 Å². The van der Waals surface area contributed by atoms with E-state index in [1.807, 2.05) is 24.4 Å². The largest absolute Gasteiger partial charge is 0.319 e. The minimum atomic E-state index is -0.177. The van der Waals surface area contributed by atoms with Gasteiger partial charge in [0.25, 0.3) is 5.91 Å². The number of amides is 1. The molecule has 94 valence electrons. The molecule has 3 rings (SSSR count). The standard InChI is InChI=1S/C13H9BrN4O/c14-10-6-11(12-17-15-8-18(12)7-10)16-13(19)9-4-2-1-3-5-9/h1-8H,(H,16,19). The number of carbonyl (C=O) groups excluding carboxylic acids is 1. The zero-order chi connectivity index (χ0) is 13.2. The van der Waals surface area contributed by atoms with Crippen molar-refractivity contribution in [1.29, 1.82) is 0 Å². The fourth-order valence-corrected chi connectivity index (χ4v) is 2.23. The zero-order valence-electron chi connectivity index (χ0n) is 9.75. The number of nitrogens with zero attached hydrogens (tertiary/aromatic N) is 3. The molecule has 3 aromatic rings. The number of aromatic nitrogens is 3. The summed E-state index contributed by atoms with van der Waals surface area (Å²) in [6.45, 7) is 0. The van der Waals surface area contributed by atoms with Crippen molar-refractivity contribution in [3.05, 3.63) is 59.0 Å². The number of anilines is 1. The fourth-order valence-electron chi connectivity index (χ4n) is 1.78. The van der Waals surface area contributed by atoms with Gasteiger partial charge in [-0.15, -0.1) is 10.2 Å². The molecule has 0 saturated heterocycles. The van der Waals surface area contributed by atoms with Crippen molar-refractivity contribution >= 4 is 33.2 Å². The van der Waals surface area contributed by atoms with Crippen LogP contribution in [0, 0.1) is 0 Å². The summed E-state index contributed by atoms with van der Waals surface area (Å²) >= 11 is 3.39. The van der Waals surface area contributed by atoms with Crippen LogP contribution >= 0.6 is 15.9 Å². The normalized spacial score (nSPS) is 10.6. The van der Waals surface area contributed by atoms with E-state index in [9.17, 15) is 4.79 Å². The minimum Gasteiger partial charge on any atom is -0.319 e. The number of carbonyl (C=O) groups is 1. The van der Waals surface area contributed by atoms with E-state index in [0.717, 1.165) is 4.47 Å². The van der Waals surface area contributed by atoms with Crippen LogP contribution < -0.4 is 5.32 Å². The van der Waals surface area contributed by atoms with Gasteiger partial charge in [-0.2, -0.15) is 0 Å². The molecule has 0 spiro atoms. The highest BCUT2D eigenvalue weighted by Crippen LogP contribution is 2.21. The van der Waals surface area contributed by atoms with Crippen LogP contribution in [0.1, 0.15) is 10.4 Å². The minimum absolute atomic E-state index is 0.177. The van der Waals surface area contributed by atoms with Crippen molar-refractivity contribution < 1.29 is 4.79 Å². The first-order chi connectivity index (χ1) is 9.24. The number of rotatable bonds is 2. The number of fused-ring (bicyclic) bond motifs is 1. The van der Waals surface area contributed by atoms with E-state index < -0.39 is 0 Å². The Hall–Kier alpha value is -2.21. The topological polar surface area (TPSA) is 59.3 Å². The van der Waals surface area contributed by atoms with E-state index in [1.54, 1.807) is 28.9 Å². The van der Waals surface area contributed by atoms with Crippen molar-refractivity contribution in [1.82, 2.24) is 14.6 Å². The van der Waals surface area contributed by atoms with Gasteiger partial charge < -0.3 is 5.32 Å². The predicted octanol–water partition coefficient (Wildman–Crippen LogP) is 2.74. The zero-order valence-corrected chi connectivity index (χ0v) is 11.3. The second kappa shape index (κ2) is 4.81. The van der Waals surface area contributed by atoms with Crippen LogP contribution in [0.4, 0.5) is 5.69 Å². The molecule has 1 N–H and O–H groups in total. The van der Waals surface area contributed by atoms with E-state index in [4.69, 9.17) is 0 Å². The van der Waals surface area contributed by atoms with E-state index >= 15 is 0 Å². The van der Waals surface area contributed by atoms with Gasteiger partial charge in [-0.25, -0.2) is 0 Å². The number of benzene rings is 1. The number of hydrogen-bond acceptors (Lipinski definition) is 3. The highest BCUT2D eigenvalue weighted by atomic mass is 79.9. The molecular weight excluding hydrogens is 308 g/mol. The molecule has 6 heteroatoms. The maximum absolute atomic E-state index is 12.1. The molecule has 0 unspecified atom stereocenters. The molecule has 0 aliphatic carbocycles. The Kier molecular flexibility index (Phi) is 3.00. The Bertz CT molecular complexity index is 739. The quantitative estimate of drug-likeness (QED) is 0.790. The molecule has 0 fully saturated rings. The lowest BCUT2D eigenvalue weighted by molar-refractivity contribution is 0.102. The summed E-state index contributed by atoms with van der Waals surface area (Å²) in [4.78, 5) is 12.1. The van der Waals surface area contributed by atoms with E-state index in [1.165, 1.54) is 0 Å². The van der Waals surface area contributed by atoms with Crippen LogP contribution in [-0.2, 0) is 0 Å². The van der Waals surface area contributed by atoms with Crippen LogP contribution in [0.5, 0.6) is 0 Å². The third-order valence-electron chi connectivity index (χ3n) is 2.64. The van der Waals surface area contributed by atoms with E-state index in [2.05, 4.69) is 31.4 Å². The first kappa shape index (κ1) is 11.9. The SMILES string of the molecule is O=C(Nc1cc(Br)cn2cnnc12)c1ccccc1. The maximum Gasteiger partial charge on any atom is 0.255 e. The van der Waals surface area contributed by atoms with Crippen LogP contribution in [0.15, 0.2) is 53.4 Å². The van der Waals surface area contributed by atoms with Gasteiger partial charge >= 0.3 is 0 Å². The van der Waals surface area contributed by atoms with Crippen molar-refractivity contribution in [2.45, 2.75) is 0 Å². The Morgan fingerprint density at radius 1 is 1.26 bits per heavy atom. The van der Waals surface area contributed by atoms with Gasteiger partial charge in [0.15, 0.2) is 5.65 Å². The fraction of sp³-hybridized carbons (Fsp3) is 0. The Morgan fingerprint density at radius 3 is 2.84 bits per heavy atom. The second-order valence-electron chi connectivity index (χ2n) is 3.95. The summed E-state index contributed by atoms with van der Waals surface area (Å²) in [6.07, 6.45) is 3.41. The highest BCUT2D eigenvalue weighted by Gasteiger charge is 2.10. The summed E-state index contributed by atoms with van der Waals surface area (Å²) in [7, 11) is 0. The van der Waals surface area contributed by atoms with Gasteiger partial charge in [-0.3, -0.25) is 9.20 Å². The number of hydrogen-bond donors (Lipinski definition) is 1. The average Bonchev–Trinajstić information content (AvgIpc) is 2.88. The molecule has 5 nitrogen and oxygen atoms in total. The summed E-state index contributed by atoms with van der Waals surface area (Å²) in [6, 6.07) is 10.8. The molecule has 0 aliphatic heterocycles. The molecule has 2 heterocycles. The number of halogens is 1. The van der Waals surface area contributed by atoms with Gasteiger partial charge in [-0.05, 0) is 34.1 Å². The lowest BCUT2D eigenvalue weighted by atomic mass is 10.2. The monoisotopic (exact) mass is 316 g/mol. The molecule has 0 bridgehead atoms. The van der Waals surface area contributed by atoms with Crippen molar-refractivity contribution in [3.8, 4) is 0 Å². The molecule has 0 radical (unpaired) electrons. The molecule has 19 heavy (non-hydrogen) atoms. The van der Waals surface area contributed by atoms with E-state index in [-0.39, 0.29) is 5.91 Å². The molecule has 1 aromatic carbocycles. The first-order valence-corrected chi connectivity index (χ1v) is 6.38. The Labute approximate surface area is 117 Å². The van der Waals surface area contributed by atoms with Crippen LogP contribution in [0.2, 0.25) is 0 Å². The highest BCUT2D eigenvalue weighted by molar-refractivity contribution is 9.10. The number of nitrogens with one attached hydrogen (secondary N) is 1. The van der Waals surface area contributed by atoms with Gasteiger partial charge in [0.05, 0.1) is 5.69 Å². The number of pyridine rings is 1. The summed E-state index contributed by atoms with van der Waals surface area (Å²) in [5.41, 5.74) is 1.81. The van der Waals surface area contributed by atoms with Crippen molar-refractivity contribution in [3.63, 3.8) is 0 Å². The summed E-state index contributed by atoms with van der Waals surface area (Å²) in [5, 5.41) is 10.6. The molecule has 0 aliphatic rings. The van der Waals surface area contributed by atoms with Gasteiger partial charge in [0.1, 0.15) is 6.33 Å². The Morgan fingerprint density at radius 2 is 2.05 bits per heavy atom. The van der Waals surface area contributed by atoms with Crippen LogP contribution in [0.25, 0.3) is 5.65 Å².